The Kier molecular flexibility index (Phi) is 6.01. The van der Waals surface area contributed by atoms with Crippen molar-refractivity contribution in [2.75, 3.05) is 12.4 Å². The van der Waals surface area contributed by atoms with Gasteiger partial charge in [-0.25, -0.2) is 4.98 Å². The van der Waals surface area contributed by atoms with Crippen molar-refractivity contribution in [3.05, 3.63) is 81.9 Å². The number of para-hydroxylation sites is 2. The van der Waals surface area contributed by atoms with Gasteiger partial charge < -0.3 is 14.5 Å². The average molecular weight is 462 g/mol. The maximum Gasteiger partial charge on any atom is 0.311 e. The van der Waals surface area contributed by atoms with Crippen LogP contribution in [0.25, 0.3) is 22.6 Å². The van der Waals surface area contributed by atoms with Crippen LogP contribution >= 0.6 is 12.2 Å². The van der Waals surface area contributed by atoms with Crippen LogP contribution in [0.5, 0.6) is 5.75 Å². The van der Waals surface area contributed by atoms with Crippen molar-refractivity contribution in [2.24, 2.45) is 0 Å². The molecule has 9 nitrogen and oxygen atoms in total. The Labute approximate surface area is 193 Å². The maximum atomic E-state index is 12.6. The van der Waals surface area contributed by atoms with Gasteiger partial charge in [0.15, 0.2) is 16.4 Å². The number of amides is 1. The first-order valence-electron chi connectivity index (χ1n) is 9.77. The molecule has 1 amide bonds. The van der Waals surface area contributed by atoms with Gasteiger partial charge in [-0.05, 0) is 61.1 Å². The van der Waals surface area contributed by atoms with Crippen molar-refractivity contribution in [1.82, 2.24) is 10.3 Å². The van der Waals surface area contributed by atoms with Gasteiger partial charge in [-0.2, -0.15) is 0 Å². The third kappa shape index (κ3) is 4.51. The minimum Gasteiger partial charge on any atom is -0.490 e. The lowest BCUT2D eigenvalue weighted by molar-refractivity contribution is -0.385. The van der Waals surface area contributed by atoms with Gasteiger partial charge in [-0.15, -0.1) is 0 Å². The molecule has 0 aliphatic carbocycles. The normalized spacial score (nSPS) is 10.6. The number of carbonyl (C=O) groups is 1. The quantitative estimate of drug-likeness (QED) is 0.245. The van der Waals surface area contributed by atoms with E-state index < -0.39 is 10.8 Å². The summed E-state index contributed by atoms with van der Waals surface area (Å²) in [5.74, 6) is -0.0623. The largest absolute Gasteiger partial charge is 0.490 e. The Hall–Kier alpha value is -4.31. The number of hydrogen-bond acceptors (Lipinski definition) is 7. The predicted octanol–water partition coefficient (Wildman–Crippen LogP) is 4.85. The van der Waals surface area contributed by atoms with Crippen LogP contribution in [0, 0.1) is 17.0 Å². The summed E-state index contributed by atoms with van der Waals surface area (Å²) in [5, 5.41) is 16.8. The monoisotopic (exact) mass is 462 g/mol. The number of hydrogen-bond donors (Lipinski definition) is 2. The molecule has 4 aromatic rings. The zero-order valence-electron chi connectivity index (χ0n) is 17.6. The summed E-state index contributed by atoms with van der Waals surface area (Å²) in [4.78, 5) is 27.7. The molecule has 1 aromatic heterocycles. The van der Waals surface area contributed by atoms with Gasteiger partial charge in [0, 0.05) is 22.9 Å². The molecule has 10 heteroatoms. The fourth-order valence-corrected chi connectivity index (χ4v) is 3.50. The SMILES string of the molecule is COc1ccc(C(=O)NC(=S)Nc2cccc(-c3nc4ccccc4o3)c2C)cc1[N+](=O)[O-]. The second-order valence-electron chi connectivity index (χ2n) is 7.02. The molecule has 0 fully saturated rings. The molecular weight excluding hydrogens is 444 g/mol. The first-order chi connectivity index (χ1) is 15.9. The molecule has 166 valence electrons. The first-order valence-corrected chi connectivity index (χ1v) is 10.2. The summed E-state index contributed by atoms with van der Waals surface area (Å²) in [6.45, 7) is 1.88. The summed E-state index contributed by atoms with van der Waals surface area (Å²) in [6, 6.07) is 16.9. The number of oxazole rings is 1. The van der Waals surface area contributed by atoms with E-state index in [0.29, 0.717) is 17.2 Å². The van der Waals surface area contributed by atoms with Crippen LogP contribution in [0.2, 0.25) is 0 Å². The highest BCUT2D eigenvalue weighted by atomic mass is 32.1. The van der Waals surface area contributed by atoms with Gasteiger partial charge in [-0.1, -0.05) is 18.2 Å². The second-order valence-corrected chi connectivity index (χ2v) is 7.43. The van der Waals surface area contributed by atoms with Crippen LogP contribution in [-0.2, 0) is 0 Å². The molecule has 0 aliphatic rings. The van der Waals surface area contributed by atoms with Crippen LogP contribution in [0.4, 0.5) is 11.4 Å². The van der Waals surface area contributed by atoms with Gasteiger partial charge in [-0.3, -0.25) is 20.2 Å². The van der Waals surface area contributed by atoms with Crippen molar-refractivity contribution >= 4 is 45.7 Å². The summed E-state index contributed by atoms with van der Waals surface area (Å²) >= 11 is 5.28. The minimum absolute atomic E-state index is 0.0382. The number of rotatable bonds is 5. The summed E-state index contributed by atoms with van der Waals surface area (Å²) in [6.07, 6.45) is 0. The standard InChI is InChI=1S/C23H18N4O5S/c1-13-15(22-24-17-7-3-4-9-19(17)32-22)6-5-8-16(13)25-23(33)26-21(28)14-10-11-20(31-2)18(12-14)27(29)30/h3-12H,1-2H3,(H2,25,26,28,33). The molecule has 0 radical (unpaired) electrons. The maximum absolute atomic E-state index is 12.6. The molecule has 0 aliphatic heterocycles. The number of benzene rings is 3. The Bertz CT molecular complexity index is 1370. The van der Waals surface area contributed by atoms with Crippen molar-refractivity contribution in [3.8, 4) is 17.2 Å². The predicted molar refractivity (Wildman–Crippen MR) is 128 cm³/mol. The Morgan fingerprint density at radius 2 is 1.94 bits per heavy atom. The van der Waals surface area contributed by atoms with Crippen LogP contribution in [-0.4, -0.2) is 28.0 Å². The lowest BCUT2D eigenvalue weighted by atomic mass is 10.1. The highest BCUT2D eigenvalue weighted by molar-refractivity contribution is 7.80. The van der Waals surface area contributed by atoms with Crippen LogP contribution in [0.15, 0.2) is 65.1 Å². The van der Waals surface area contributed by atoms with E-state index in [-0.39, 0.29) is 22.1 Å². The smallest absolute Gasteiger partial charge is 0.311 e. The van der Waals surface area contributed by atoms with E-state index in [4.69, 9.17) is 21.4 Å². The number of carbonyl (C=O) groups excluding carboxylic acids is 1. The number of nitrogens with zero attached hydrogens (tertiary/aromatic N) is 2. The first kappa shape index (κ1) is 21.9. The van der Waals surface area contributed by atoms with Crippen LogP contribution in [0.3, 0.4) is 0 Å². The molecule has 0 bridgehead atoms. The lowest BCUT2D eigenvalue weighted by Gasteiger charge is -2.13. The summed E-state index contributed by atoms with van der Waals surface area (Å²) in [5.41, 5.74) is 3.44. The Balaban J connectivity index is 1.52. The number of fused-ring (bicyclic) bond motifs is 1. The lowest BCUT2D eigenvalue weighted by Crippen LogP contribution is -2.34. The van der Waals surface area contributed by atoms with Gasteiger partial charge in [0.2, 0.25) is 5.89 Å². The van der Waals surface area contributed by atoms with Crippen molar-refractivity contribution in [1.29, 1.82) is 0 Å². The molecule has 33 heavy (non-hydrogen) atoms. The van der Waals surface area contributed by atoms with Crippen molar-refractivity contribution < 1.29 is 18.9 Å². The van der Waals surface area contributed by atoms with Crippen LogP contribution in [0.1, 0.15) is 15.9 Å². The number of nitrogens with one attached hydrogen (secondary N) is 2. The van der Waals surface area contributed by atoms with E-state index in [9.17, 15) is 14.9 Å². The molecule has 2 N–H and O–H groups in total. The van der Waals surface area contributed by atoms with E-state index in [2.05, 4.69) is 15.6 Å². The third-order valence-electron chi connectivity index (χ3n) is 4.97. The topological polar surface area (TPSA) is 120 Å². The van der Waals surface area contributed by atoms with E-state index in [1.165, 1.54) is 19.2 Å². The molecule has 3 aromatic carbocycles. The fraction of sp³-hybridized carbons (Fsp3) is 0.0870. The number of nitro groups is 1. The van der Waals surface area contributed by atoms with Crippen molar-refractivity contribution in [2.45, 2.75) is 6.92 Å². The van der Waals surface area contributed by atoms with E-state index in [1.54, 1.807) is 6.07 Å². The van der Waals surface area contributed by atoms with E-state index in [1.807, 2.05) is 43.3 Å². The molecule has 0 unspecified atom stereocenters. The molecule has 1 heterocycles. The van der Waals surface area contributed by atoms with Crippen LogP contribution < -0.4 is 15.4 Å². The molecule has 4 rings (SSSR count). The third-order valence-corrected chi connectivity index (χ3v) is 5.18. The summed E-state index contributed by atoms with van der Waals surface area (Å²) < 4.78 is 10.8. The Morgan fingerprint density at radius 3 is 2.67 bits per heavy atom. The van der Waals surface area contributed by atoms with Gasteiger partial charge in [0.05, 0.1) is 12.0 Å². The molecular formula is C23H18N4O5S. The number of aromatic nitrogens is 1. The zero-order chi connectivity index (χ0) is 23.5. The Morgan fingerprint density at radius 1 is 1.15 bits per heavy atom. The number of anilines is 1. The number of nitro benzene ring substituents is 1. The number of methoxy groups -OCH3 is 1. The van der Waals surface area contributed by atoms with Gasteiger partial charge >= 0.3 is 5.69 Å². The molecule has 0 saturated carbocycles. The highest BCUT2D eigenvalue weighted by Gasteiger charge is 2.19. The minimum atomic E-state index is -0.618. The van der Waals surface area contributed by atoms with Crippen molar-refractivity contribution in [3.63, 3.8) is 0 Å². The highest BCUT2D eigenvalue weighted by Crippen LogP contribution is 2.31. The second kappa shape index (κ2) is 9.05. The summed E-state index contributed by atoms with van der Waals surface area (Å²) in [7, 11) is 1.32. The molecule has 0 spiro atoms. The number of thiocarbonyl (C=S) groups is 1. The molecule has 0 saturated heterocycles. The van der Waals surface area contributed by atoms with Gasteiger partial charge in [0.25, 0.3) is 5.91 Å². The zero-order valence-corrected chi connectivity index (χ0v) is 18.4. The van der Waals surface area contributed by atoms with E-state index in [0.717, 1.165) is 22.7 Å². The number of ether oxygens (including phenoxy) is 1. The van der Waals surface area contributed by atoms with Gasteiger partial charge in [0.1, 0.15) is 5.52 Å². The average Bonchev–Trinajstić information content (AvgIpc) is 3.23. The molecule has 0 atom stereocenters. The van der Waals surface area contributed by atoms with E-state index >= 15 is 0 Å². The fourth-order valence-electron chi connectivity index (χ4n) is 3.29.